The van der Waals surface area contributed by atoms with E-state index >= 15 is 0 Å². The molecule has 0 aromatic heterocycles. The summed E-state index contributed by atoms with van der Waals surface area (Å²) in [7, 11) is 0. The Kier molecular flexibility index (Phi) is 6.94. The summed E-state index contributed by atoms with van der Waals surface area (Å²) < 4.78 is 0. The second-order valence-electron chi connectivity index (χ2n) is 6.33. The van der Waals surface area contributed by atoms with Crippen LogP contribution in [0.1, 0.15) is 66.2 Å². The van der Waals surface area contributed by atoms with Crippen molar-refractivity contribution in [2.45, 2.75) is 77.5 Å². The molecular formula is C15H31NS. The fourth-order valence-electron chi connectivity index (χ4n) is 2.54. The normalized spacial score (nSPS) is 26.1. The van der Waals surface area contributed by atoms with Crippen LogP contribution in [0.15, 0.2) is 0 Å². The maximum atomic E-state index is 3.82. The summed E-state index contributed by atoms with van der Waals surface area (Å²) in [5.41, 5.74) is 0.469. The molecule has 2 atom stereocenters. The molecular weight excluding hydrogens is 226 g/mol. The molecule has 0 radical (unpaired) electrons. The Morgan fingerprint density at radius 2 is 2.06 bits per heavy atom. The molecule has 1 aliphatic heterocycles. The molecule has 1 N–H and O–H groups in total. The molecule has 2 heteroatoms. The van der Waals surface area contributed by atoms with Gasteiger partial charge in [0.1, 0.15) is 0 Å². The maximum absolute atomic E-state index is 3.82. The van der Waals surface area contributed by atoms with E-state index in [0.29, 0.717) is 5.41 Å². The van der Waals surface area contributed by atoms with Gasteiger partial charge in [-0.2, -0.15) is 11.8 Å². The smallest absolute Gasteiger partial charge is 0.0184 e. The lowest BCUT2D eigenvalue weighted by Gasteiger charge is -2.33. The fourth-order valence-corrected chi connectivity index (χ4v) is 3.71. The van der Waals surface area contributed by atoms with Crippen LogP contribution >= 0.6 is 11.8 Å². The quantitative estimate of drug-likeness (QED) is 0.676. The molecule has 1 aliphatic rings. The van der Waals surface area contributed by atoms with Crippen LogP contribution in [-0.2, 0) is 0 Å². The average molecular weight is 257 g/mol. The first-order chi connectivity index (χ1) is 8.05. The molecule has 0 spiro atoms. The largest absolute Gasteiger partial charge is 0.312 e. The minimum Gasteiger partial charge on any atom is -0.312 e. The summed E-state index contributed by atoms with van der Waals surface area (Å²) in [5.74, 6) is 1.36. The van der Waals surface area contributed by atoms with Crippen molar-refractivity contribution in [1.29, 1.82) is 0 Å². The standard InChI is InChI=1S/C15H31NS/c1-5-6-7-10-15(3,4)12-16-14-9-8-11-17-13(14)2/h13-14,16H,5-12H2,1-4H3. The molecule has 0 bridgehead atoms. The summed E-state index contributed by atoms with van der Waals surface area (Å²) in [6.45, 7) is 10.7. The first-order valence-electron chi connectivity index (χ1n) is 7.40. The van der Waals surface area contributed by atoms with Gasteiger partial charge in [0.15, 0.2) is 0 Å². The van der Waals surface area contributed by atoms with Crippen LogP contribution in [0.4, 0.5) is 0 Å². The molecule has 0 saturated carbocycles. The molecule has 1 nitrogen and oxygen atoms in total. The Balaban J connectivity index is 2.22. The third-order valence-electron chi connectivity index (χ3n) is 3.91. The Hall–Kier alpha value is 0.310. The van der Waals surface area contributed by atoms with E-state index < -0.39 is 0 Å². The van der Waals surface area contributed by atoms with Crippen molar-refractivity contribution >= 4 is 11.8 Å². The van der Waals surface area contributed by atoms with Gasteiger partial charge in [0, 0.05) is 17.8 Å². The molecule has 1 rings (SSSR count). The van der Waals surface area contributed by atoms with E-state index in [0.717, 1.165) is 11.3 Å². The number of rotatable bonds is 7. The van der Waals surface area contributed by atoms with E-state index in [1.165, 1.54) is 50.8 Å². The van der Waals surface area contributed by atoms with Crippen LogP contribution in [-0.4, -0.2) is 23.6 Å². The number of nitrogens with one attached hydrogen (secondary N) is 1. The highest BCUT2D eigenvalue weighted by atomic mass is 32.2. The topological polar surface area (TPSA) is 12.0 Å². The third-order valence-corrected chi connectivity index (χ3v) is 5.29. The van der Waals surface area contributed by atoms with Gasteiger partial charge in [0.2, 0.25) is 0 Å². The number of thioether (sulfide) groups is 1. The van der Waals surface area contributed by atoms with E-state index in [4.69, 9.17) is 0 Å². The summed E-state index contributed by atoms with van der Waals surface area (Å²) in [6, 6.07) is 0.749. The molecule has 1 heterocycles. The molecule has 0 amide bonds. The first kappa shape index (κ1) is 15.4. The van der Waals surface area contributed by atoms with Crippen LogP contribution in [0, 0.1) is 5.41 Å². The predicted molar refractivity (Wildman–Crippen MR) is 80.9 cm³/mol. The number of unbranched alkanes of at least 4 members (excludes halogenated alkanes) is 2. The van der Waals surface area contributed by atoms with Gasteiger partial charge in [-0.15, -0.1) is 0 Å². The zero-order valence-corrected chi connectivity index (χ0v) is 13.0. The van der Waals surface area contributed by atoms with Crippen molar-refractivity contribution < 1.29 is 0 Å². The summed E-state index contributed by atoms with van der Waals surface area (Å²) >= 11 is 2.14. The van der Waals surface area contributed by atoms with Crippen LogP contribution in [0.3, 0.4) is 0 Å². The van der Waals surface area contributed by atoms with Gasteiger partial charge in [-0.3, -0.25) is 0 Å². The Labute approximate surface area is 113 Å². The molecule has 0 aromatic rings. The van der Waals surface area contributed by atoms with Crippen molar-refractivity contribution in [2.75, 3.05) is 12.3 Å². The first-order valence-corrected chi connectivity index (χ1v) is 8.45. The molecule has 0 aromatic carbocycles. The van der Waals surface area contributed by atoms with Crippen LogP contribution in [0.2, 0.25) is 0 Å². The van der Waals surface area contributed by atoms with Crippen molar-refractivity contribution in [3.8, 4) is 0 Å². The molecule has 102 valence electrons. The summed E-state index contributed by atoms with van der Waals surface area (Å²) in [5, 5.41) is 4.62. The van der Waals surface area contributed by atoms with Gasteiger partial charge >= 0.3 is 0 Å². The Morgan fingerprint density at radius 1 is 1.29 bits per heavy atom. The van der Waals surface area contributed by atoms with E-state index in [2.05, 4.69) is 44.8 Å². The van der Waals surface area contributed by atoms with Gasteiger partial charge in [0.25, 0.3) is 0 Å². The van der Waals surface area contributed by atoms with E-state index in [1.54, 1.807) is 0 Å². The van der Waals surface area contributed by atoms with Crippen molar-refractivity contribution in [2.24, 2.45) is 5.41 Å². The second-order valence-corrected chi connectivity index (χ2v) is 7.81. The van der Waals surface area contributed by atoms with Crippen LogP contribution in [0.25, 0.3) is 0 Å². The summed E-state index contributed by atoms with van der Waals surface area (Å²) in [4.78, 5) is 0. The van der Waals surface area contributed by atoms with Crippen molar-refractivity contribution in [3.63, 3.8) is 0 Å². The van der Waals surface area contributed by atoms with E-state index in [1.807, 2.05) is 0 Å². The summed E-state index contributed by atoms with van der Waals surface area (Å²) in [6.07, 6.45) is 8.24. The zero-order valence-electron chi connectivity index (χ0n) is 12.2. The monoisotopic (exact) mass is 257 g/mol. The maximum Gasteiger partial charge on any atom is 0.0184 e. The number of hydrogen-bond donors (Lipinski definition) is 1. The SMILES string of the molecule is CCCCCC(C)(C)CNC1CCCSC1C. The molecule has 1 fully saturated rings. The van der Waals surface area contributed by atoms with Crippen LogP contribution < -0.4 is 5.32 Å². The van der Waals surface area contributed by atoms with E-state index in [-0.39, 0.29) is 0 Å². The average Bonchev–Trinajstić information content (AvgIpc) is 2.28. The second kappa shape index (κ2) is 7.68. The lowest BCUT2D eigenvalue weighted by molar-refractivity contribution is 0.280. The van der Waals surface area contributed by atoms with Gasteiger partial charge in [-0.25, -0.2) is 0 Å². The fraction of sp³-hybridized carbons (Fsp3) is 1.00. The Bertz CT molecular complexity index is 203. The number of hydrogen-bond acceptors (Lipinski definition) is 2. The van der Waals surface area contributed by atoms with Gasteiger partial charge in [-0.05, 0) is 30.4 Å². The van der Waals surface area contributed by atoms with E-state index in [9.17, 15) is 0 Å². The zero-order chi connectivity index (χ0) is 12.7. The molecule has 1 saturated heterocycles. The highest BCUT2D eigenvalue weighted by molar-refractivity contribution is 7.99. The lowest BCUT2D eigenvalue weighted by Crippen LogP contribution is -2.43. The lowest BCUT2D eigenvalue weighted by atomic mass is 9.86. The minimum absolute atomic E-state index is 0.469. The highest BCUT2D eigenvalue weighted by Crippen LogP contribution is 2.27. The Morgan fingerprint density at radius 3 is 2.71 bits per heavy atom. The van der Waals surface area contributed by atoms with Gasteiger partial charge in [-0.1, -0.05) is 47.0 Å². The van der Waals surface area contributed by atoms with Crippen molar-refractivity contribution in [1.82, 2.24) is 5.32 Å². The molecule has 2 unspecified atom stereocenters. The van der Waals surface area contributed by atoms with Gasteiger partial charge in [0.05, 0.1) is 0 Å². The highest BCUT2D eigenvalue weighted by Gasteiger charge is 2.24. The molecule has 17 heavy (non-hydrogen) atoms. The van der Waals surface area contributed by atoms with Crippen LogP contribution in [0.5, 0.6) is 0 Å². The van der Waals surface area contributed by atoms with Crippen molar-refractivity contribution in [3.05, 3.63) is 0 Å². The molecule has 0 aliphatic carbocycles. The van der Waals surface area contributed by atoms with Gasteiger partial charge < -0.3 is 5.32 Å². The predicted octanol–water partition coefficient (Wildman–Crippen LogP) is 4.47. The third kappa shape index (κ3) is 6.15. The minimum atomic E-state index is 0.469.